The van der Waals surface area contributed by atoms with Gasteiger partial charge in [-0.2, -0.15) is 0 Å². The molecule has 0 aliphatic carbocycles. The molecule has 0 aliphatic rings. The molecular weight excluding hydrogens is 274 g/mol. The molecule has 0 radical (unpaired) electrons. The van der Waals surface area contributed by atoms with E-state index < -0.39 is 13.8 Å². The van der Waals surface area contributed by atoms with E-state index in [1.54, 1.807) is 0 Å². The molecule has 72 valence electrons. The molecule has 0 fully saturated rings. The molecule has 11 heavy (non-hydrogen) atoms. The van der Waals surface area contributed by atoms with Crippen molar-refractivity contribution in [3.8, 4) is 0 Å². The van der Waals surface area contributed by atoms with Crippen LogP contribution < -0.4 is 0 Å². The summed E-state index contributed by atoms with van der Waals surface area (Å²) in [6.45, 7) is 0. The quantitative estimate of drug-likeness (QED) is 0.571. The first kappa shape index (κ1) is 10.8. The maximum absolute atomic E-state index is 14.2. The third-order valence-electron chi connectivity index (χ3n) is 0.345. The molecule has 0 aliphatic heterocycles. The van der Waals surface area contributed by atoms with E-state index in [2.05, 4.69) is 0 Å². The van der Waals surface area contributed by atoms with Gasteiger partial charge in [-0.3, -0.25) is 0 Å². The number of hydrogen-bond donors (Lipinski definition) is 0. The van der Waals surface area contributed by atoms with Gasteiger partial charge in [-0.05, 0) is 0 Å². The molecule has 0 unspecified atom stereocenters. The van der Waals surface area contributed by atoms with Gasteiger partial charge in [0.25, 0.3) is 0 Å². The van der Waals surface area contributed by atoms with Crippen molar-refractivity contribution in [2.45, 2.75) is 0 Å². The zero-order valence-corrected chi connectivity index (χ0v) is 6.32. The zero-order chi connectivity index (χ0) is 9.77. The second-order valence-electron chi connectivity index (χ2n) is 1.89. The van der Waals surface area contributed by atoms with Crippen LogP contribution in [0.5, 0.6) is 0 Å². The molecule has 0 saturated heterocycles. The van der Waals surface area contributed by atoms with Gasteiger partial charge >= 0.3 is 49.5 Å². The Kier molecular flexibility index (Phi) is 0.836. The minimum atomic E-state index is -14.2. The van der Waals surface area contributed by atoms with Crippen LogP contribution in [0, 0.1) is 0 Å². The van der Waals surface area contributed by atoms with Gasteiger partial charge in [0.1, 0.15) is 0 Å². The van der Waals surface area contributed by atoms with Gasteiger partial charge in [-0.1, -0.05) is 0 Å². The second kappa shape index (κ2) is 0.852. The van der Waals surface area contributed by atoms with Crippen LogP contribution in [0.2, 0.25) is 0 Å². The molecule has 0 aromatic rings. The summed E-state index contributed by atoms with van der Waals surface area (Å²) in [5.74, 6) is 0. The van der Waals surface area contributed by atoms with Gasteiger partial charge in [0, 0.05) is 0 Å². The Morgan fingerprint density at radius 3 is 1.00 bits per heavy atom. The fourth-order valence-electron chi connectivity index (χ4n) is 0.00972. The van der Waals surface area contributed by atoms with Crippen molar-refractivity contribution in [2.24, 2.45) is 0 Å². The fourth-order valence-corrected chi connectivity index (χ4v) is 0.0575. The summed E-state index contributed by atoms with van der Waals surface area (Å²) in [5.41, 5.74) is 0. The Labute approximate surface area is 50.4 Å². The van der Waals surface area contributed by atoms with Crippen LogP contribution in [0.25, 0.3) is 0 Å². The first-order valence-electron chi connectivity index (χ1n) is 1.59. The molecular formula is F6MoO4. The van der Waals surface area contributed by atoms with E-state index in [1.807, 2.05) is 0 Å². The predicted molar refractivity (Wildman–Crippen MR) is 10.2 cm³/mol. The van der Waals surface area contributed by atoms with Gasteiger partial charge in [0.05, 0.1) is 0 Å². The van der Waals surface area contributed by atoms with Crippen LogP contribution in [0.1, 0.15) is 0 Å². The summed E-state index contributed by atoms with van der Waals surface area (Å²) in [7, 11) is 0. The third-order valence-corrected chi connectivity index (χ3v) is 2.04. The third kappa shape index (κ3) is 3.12. The average molecular weight is 274 g/mol. The molecule has 0 aromatic heterocycles. The standard InChI is InChI=1S/2FO.4FH.Mo.2O/c2*1-2;;;;;;;/h;;4*1H;;;/q2*-1;;;;;+6;;/p-4. The molecule has 0 rings (SSSR count). The van der Waals surface area contributed by atoms with E-state index in [1.165, 1.54) is 0 Å². The van der Waals surface area contributed by atoms with E-state index in [0.29, 0.717) is 0 Å². The first-order valence-corrected chi connectivity index (χ1v) is 7.90. The maximum atomic E-state index is 11.2. The van der Waals surface area contributed by atoms with E-state index in [0.717, 1.165) is 0 Å². The Bertz CT molecular complexity index is 397. The number of halogens is 6. The van der Waals surface area contributed by atoms with Gasteiger partial charge in [0.2, 0.25) is 0 Å². The van der Waals surface area contributed by atoms with Crippen LogP contribution >= 0.6 is 0 Å². The molecule has 4 nitrogen and oxygen atoms in total. The van der Waals surface area contributed by atoms with Crippen molar-refractivity contribution >= 4 is 0 Å². The van der Waals surface area contributed by atoms with Crippen molar-refractivity contribution in [3.05, 3.63) is 0 Å². The molecule has 0 aromatic carbocycles. The molecule has 0 spiro atoms. The van der Waals surface area contributed by atoms with Crippen LogP contribution in [0.15, 0.2) is 0 Å². The van der Waals surface area contributed by atoms with Crippen molar-refractivity contribution in [3.63, 3.8) is 0 Å². The van der Waals surface area contributed by atoms with Gasteiger partial charge in [-0.25, -0.2) is 0 Å². The van der Waals surface area contributed by atoms with Crippen LogP contribution in [0.4, 0.5) is 21.7 Å². The van der Waals surface area contributed by atoms with Gasteiger partial charge < -0.3 is 0 Å². The monoisotopic (exact) mass is 276 g/mol. The van der Waals surface area contributed by atoms with Crippen molar-refractivity contribution in [1.29, 1.82) is 0 Å². The number of rotatable bonds is 2. The summed E-state index contributed by atoms with van der Waals surface area (Å²) in [5, 5.41) is 0. The van der Waals surface area contributed by atoms with Crippen molar-refractivity contribution in [2.75, 3.05) is 0 Å². The Morgan fingerprint density at radius 1 is 0.818 bits per heavy atom. The Balaban J connectivity index is 6.56. The SMILES string of the molecule is [O]=[Mo](=[O])([F])([F])([F])([F])([O]F)[O]F. The van der Waals surface area contributed by atoms with E-state index in [4.69, 9.17) is 6.80 Å². The number of hydrogen-bond acceptors (Lipinski definition) is 4. The van der Waals surface area contributed by atoms with Gasteiger partial charge in [0.15, 0.2) is 0 Å². The van der Waals surface area contributed by atoms with Crippen LogP contribution in [-0.4, -0.2) is 0 Å². The van der Waals surface area contributed by atoms with E-state index >= 15 is 0 Å². The summed E-state index contributed by atoms with van der Waals surface area (Å²) in [6.07, 6.45) is 0. The topological polar surface area (TPSA) is 52.6 Å². The van der Waals surface area contributed by atoms with Gasteiger partial charge in [-0.15, -0.1) is 0 Å². The second-order valence-corrected chi connectivity index (χ2v) is 11.2. The van der Waals surface area contributed by atoms with Crippen molar-refractivity contribution < 1.29 is 49.5 Å². The fraction of sp³-hybridized carbons (Fsp3) is 0. The molecule has 0 heterocycles. The molecule has 0 saturated carbocycles. The zero-order valence-electron chi connectivity index (χ0n) is 4.31. The normalized spacial score (nSPS) is 27.5. The van der Waals surface area contributed by atoms with Crippen molar-refractivity contribution in [1.82, 2.24) is 0 Å². The molecule has 0 amide bonds. The van der Waals surface area contributed by atoms with Crippen LogP contribution in [-0.2, 0) is 27.8 Å². The molecule has 0 bridgehead atoms. The first-order chi connectivity index (χ1) is 4.04. The average Bonchev–Trinajstić information content (AvgIpc) is 1.65. The molecule has 0 atom stereocenters. The summed E-state index contributed by atoms with van der Waals surface area (Å²) in [4.78, 5) is 0. The predicted octanol–water partition coefficient (Wildman–Crippen LogP) is 2.14. The minimum absolute atomic E-state index is 0.130. The van der Waals surface area contributed by atoms with Crippen LogP contribution in [0.3, 0.4) is 0 Å². The van der Waals surface area contributed by atoms with E-state index in [9.17, 15) is 21.7 Å². The van der Waals surface area contributed by atoms with E-state index in [-0.39, 0.29) is 7.19 Å². The summed E-state index contributed by atoms with van der Waals surface area (Å²) in [6, 6.07) is 0. The summed E-state index contributed by atoms with van der Waals surface area (Å²) >= 11 is -14.2. The Hall–Kier alpha value is -0.212. The molecule has 11 heteroatoms. The summed E-state index contributed by atoms with van der Waals surface area (Å²) < 4.78 is 83.5. The molecule has 0 N–H and O–H groups in total. The Morgan fingerprint density at radius 2 is 1.00 bits per heavy atom.